The molecule has 0 atom stereocenters. The molecule has 3 nitrogen and oxygen atoms in total. The second kappa shape index (κ2) is 8.02. The quantitative estimate of drug-likeness (QED) is 0.808. The minimum Gasteiger partial charge on any atom is -0.493 e. The fourth-order valence-electron chi connectivity index (χ4n) is 2.05. The predicted octanol–water partition coefficient (Wildman–Crippen LogP) is 3.44. The van der Waals surface area contributed by atoms with E-state index in [2.05, 4.69) is 12.2 Å². The number of hydrogen-bond donors (Lipinski definition) is 1. The Morgan fingerprint density at radius 1 is 1.20 bits per heavy atom. The van der Waals surface area contributed by atoms with E-state index in [9.17, 15) is 0 Å². The van der Waals surface area contributed by atoms with Crippen LogP contribution in [0.25, 0.3) is 0 Å². The van der Waals surface area contributed by atoms with Gasteiger partial charge in [0.25, 0.3) is 0 Å². The summed E-state index contributed by atoms with van der Waals surface area (Å²) in [5.74, 6) is 0.924. The minimum atomic E-state index is 0.683. The largest absolute Gasteiger partial charge is 0.493 e. The number of benzene rings is 1. The number of para-hydroxylation sites is 1. The summed E-state index contributed by atoms with van der Waals surface area (Å²) >= 11 is 1.81. The standard InChI is InChI=1S/C16H22N2OS/c1-3-7-14-15(12-17-2)20-16(18-14)10-11-19-13-8-5-4-6-9-13/h4-6,8-9,17H,3,7,10-12H2,1-2H3. The van der Waals surface area contributed by atoms with Gasteiger partial charge in [-0.2, -0.15) is 0 Å². The maximum Gasteiger partial charge on any atom is 0.119 e. The first-order valence-electron chi connectivity index (χ1n) is 7.13. The van der Waals surface area contributed by atoms with Crippen LogP contribution in [0.2, 0.25) is 0 Å². The first-order chi connectivity index (χ1) is 9.83. The first kappa shape index (κ1) is 15.0. The molecular formula is C16H22N2OS. The van der Waals surface area contributed by atoms with Crippen molar-refractivity contribution in [3.63, 3.8) is 0 Å². The highest BCUT2D eigenvalue weighted by molar-refractivity contribution is 7.11. The van der Waals surface area contributed by atoms with E-state index in [-0.39, 0.29) is 0 Å². The molecule has 2 aromatic rings. The van der Waals surface area contributed by atoms with Gasteiger partial charge in [0, 0.05) is 17.8 Å². The zero-order valence-electron chi connectivity index (χ0n) is 12.2. The molecule has 1 aromatic heterocycles. The minimum absolute atomic E-state index is 0.683. The van der Waals surface area contributed by atoms with Crippen molar-refractivity contribution in [3.8, 4) is 5.75 Å². The molecule has 0 saturated carbocycles. The maximum atomic E-state index is 5.73. The SMILES string of the molecule is CCCc1nc(CCOc2ccccc2)sc1CNC. The molecule has 1 aromatic carbocycles. The van der Waals surface area contributed by atoms with Gasteiger partial charge in [-0.1, -0.05) is 31.5 Å². The van der Waals surface area contributed by atoms with Crippen molar-refractivity contribution in [2.24, 2.45) is 0 Å². The number of aryl methyl sites for hydroxylation is 1. The Morgan fingerprint density at radius 3 is 2.70 bits per heavy atom. The number of hydrogen-bond acceptors (Lipinski definition) is 4. The van der Waals surface area contributed by atoms with Crippen LogP contribution in [0.1, 0.15) is 28.9 Å². The summed E-state index contributed by atoms with van der Waals surface area (Å²) in [5, 5.41) is 4.39. The molecule has 0 spiro atoms. The van der Waals surface area contributed by atoms with Crippen molar-refractivity contribution in [2.75, 3.05) is 13.7 Å². The summed E-state index contributed by atoms with van der Waals surface area (Å²) in [5.41, 5.74) is 1.25. The van der Waals surface area contributed by atoms with Crippen LogP contribution in [0.15, 0.2) is 30.3 Å². The van der Waals surface area contributed by atoms with Gasteiger partial charge in [-0.15, -0.1) is 11.3 Å². The number of thiazole rings is 1. The highest BCUT2D eigenvalue weighted by atomic mass is 32.1. The van der Waals surface area contributed by atoms with Crippen LogP contribution in [0, 0.1) is 0 Å². The van der Waals surface area contributed by atoms with Crippen molar-refractivity contribution in [3.05, 3.63) is 45.9 Å². The molecule has 0 radical (unpaired) electrons. The lowest BCUT2D eigenvalue weighted by molar-refractivity contribution is 0.321. The van der Waals surface area contributed by atoms with E-state index < -0.39 is 0 Å². The van der Waals surface area contributed by atoms with Crippen molar-refractivity contribution >= 4 is 11.3 Å². The summed E-state index contributed by atoms with van der Waals surface area (Å²) in [7, 11) is 1.98. The van der Waals surface area contributed by atoms with Gasteiger partial charge < -0.3 is 10.1 Å². The van der Waals surface area contributed by atoms with Crippen LogP contribution in [0.5, 0.6) is 5.75 Å². The highest BCUT2D eigenvalue weighted by Crippen LogP contribution is 2.21. The lowest BCUT2D eigenvalue weighted by Crippen LogP contribution is -2.05. The lowest BCUT2D eigenvalue weighted by atomic mass is 10.2. The van der Waals surface area contributed by atoms with Gasteiger partial charge in [-0.25, -0.2) is 4.98 Å². The van der Waals surface area contributed by atoms with Gasteiger partial charge in [0.1, 0.15) is 5.75 Å². The molecule has 0 fully saturated rings. The van der Waals surface area contributed by atoms with Crippen LogP contribution < -0.4 is 10.1 Å². The molecule has 108 valence electrons. The van der Waals surface area contributed by atoms with Crippen molar-refractivity contribution in [2.45, 2.75) is 32.7 Å². The molecule has 4 heteroatoms. The second-order valence-corrected chi connectivity index (χ2v) is 5.84. The molecular weight excluding hydrogens is 268 g/mol. The summed E-state index contributed by atoms with van der Waals surface area (Å²) in [6, 6.07) is 9.94. The Bertz CT molecular complexity index is 487. The number of aromatic nitrogens is 1. The third kappa shape index (κ3) is 4.32. The normalized spacial score (nSPS) is 10.7. The lowest BCUT2D eigenvalue weighted by Gasteiger charge is -2.03. The summed E-state index contributed by atoms with van der Waals surface area (Å²) in [6.45, 7) is 3.79. The highest BCUT2D eigenvalue weighted by Gasteiger charge is 2.09. The zero-order chi connectivity index (χ0) is 14.2. The fraction of sp³-hybridized carbons (Fsp3) is 0.438. The molecule has 0 bridgehead atoms. The molecule has 0 aliphatic rings. The molecule has 1 heterocycles. The Labute approximate surface area is 125 Å². The molecule has 0 aliphatic heterocycles. The summed E-state index contributed by atoms with van der Waals surface area (Å²) < 4.78 is 5.73. The number of ether oxygens (including phenoxy) is 1. The van der Waals surface area contributed by atoms with Gasteiger partial charge in [-0.05, 0) is 25.6 Å². The zero-order valence-corrected chi connectivity index (χ0v) is 13.0. The second-order valence-electron chi connectivity index (χ2n) is 4.67. The molecule has 2 rings (SSSR count). The maximum absolute atomic E-state index is 5.73. The molecule has 0 aliphatic carbocycles. The molecule has 0 unspecified atom stereocenters. The van der Waals surface area contributed by atoms with Crippen molar-refractivity contribution in [1.82, 2.24) is 10.3 Å². The van der Waals surface area contributed by atoms with E-state index in [0.717, 1.165) is 31.6 Å². The Hall–Kier alpha value is -1.39. The predicted molar refractivity (Wildman–Crippen MR) is 84.5 cm³/mol. The van der Waals surface area contributed by atoms with Gasteiger partial charge in [0.2, 0.25) is 0 Å². The van der Waals surface area contributed by atoms with Crippen LogP contribution in [-0.4, -0.2) is 18.6 Å². The monoisotopic (exact) mass is 290 g/mol. The molecule has 0 amide bonds. The smallest absolute Gasteiger partial charge is 0.119 e. The van der Waals surface area contributed by atoms with Gasteiger partial charge in [0.05, 0.1) is 17.3 Å². The van der Waals surface area contributed by atoms with Crippen LogP contribution in [0.4, 0.5) is 0 Å². The Balaban J connectivity index is 1.90. The third-order valence-electron chi connectivity index (χ3n) is 2.97. The average Bonchev–Trinajstić information content (AvgIpc) is 2.83. The van der Waals surface area contributed by atoms with Crippen LogP contribution in [-0.2, 0) is 19.4 Å². The van der Waals surface area contributed by atoms with E-state index >= 15 is 0 Å². The van der Waals surface area contributed by atoms with Gasteiger partial charge >= 0.3 is 0 Å². The Morgan fingerprint density at radius 2 is 2.00 bits per heavy atom. The van der Waals surface area contributed by atoms with E-state index in [1.54, 1.807) is 11.3 Å². The van der Waals surface area contributed by atoms with Gasteiger partial charge in [-0.3, -0.25) is 0 Å². The van der Waals surface area contributed by atoms with E-state index in [1.807, 2.05) is 37.4 Å². The number of rotatable bonds is 8. The molecule has 1 N–H and O–H groups in total. The third-order valence-corrected chi connectivity index (χ3v) is 4.13. The first-order valence-corrected chi connectivity index (χ1v) is 7.95. The summed E-state index contributed by atoms with van der Waals surface area (Å²) in [6.07, 6.45) is 3.08. The van der Waals surface area contributed by atoms with E-state index in [0.29, 0.717) is 6.61 Å². The average molecular weight is 290 g/mol. The number of nitrogens with zero attached hydrogens (tertiary/aromatic N) is 1. The molecule has 20 heavy (non-hydrogen) atoms. The number of nitrogens with one attached hydrogen (secondary N) is 1. The van der Waals surface area contributed by atoms with Crippen molar-refractivity contribution < 1.29 is 4.74 Å². The Kier molecular flexibility index (Phi) is 6.02. The van der Waals surface area contributed by atoms with Gasteiger partial charge in [0.15, 0.2) is 0 Å². The molecule has 0 saturated heterocycles. The van der Waals surface area contributed by atoms with E-state index in [4.69, 9.17) is 9.72 Å². The van der Waals surface area contributed by atoms with E-state index in [1.165, 1.54) is 15.6 Å². The fourth-order valence-corrected chi connectivity index (χ4v) is 3.16. The van der Waals surface area contributed by atoms with Crippen LogP contribution >= 0.6 is 11.3 Å². The van der Waals surface area contributed by atoms with Crippen LogP contribution in [0.3, 0.4) is 0 Å². The summed E-state index contributed by atoms with van der Waals surface area (Å²) in [4.78, 5) is 6.11. The topological polar surface area (TPSA) is 34.1 Å². The van der Waals surface area contributed by atoms with Crippen molar-refractivity contribution in [1.29, 1.82) is 0 Å².